The normalized spacial score (nSPS) is 28.1. The molecule has 0 amide bonds. The first-order valence-corrected chi connectivity index (χ1v) is 8.09. The Balaban J connectivity index is 2.88. The van der Waals surface area contributed by atoms with Crippen LogP contribution in [0.25, 0.3) is 0 Å². The van der Waals surface area contributed by atoms with Gasteiger partial charge in [-0.1, -0.05) is 27.7 Å². The molecule has 0 bridgehead atoms. The van der Waals surface area contributed by atoms with Crippen molar-refractivity contribution in [2.75, 3.05) is 19.6 Å². The van der Waals surface area contributed by atoms with Crippen molar-refractivity contribution < 1.29 is 13.2 Å². The van der Waals surface area contributed by atoms with Crippen LogP contribution in [0.5, 0.6) is 0 Å². The third kappa shape index (κ3) is 5.78. The Morgan fingerprint density at radius 2 is 1.76 bits per heavy atom. The van der Waals surface area contributed by atoms with Gasteiger partial charge in [0.25, 0.3) is 0 Å². The maximum absolute atomic E-state index is 12.9. The van der Waals surface area contributed by atoms with Crippen molar-refractivity contribution in [2.45, 2.75) is 65.6 Å². The minimum atomic E-state index is -4.14. The van der Waals surface area contributed by atoms with Crippen LogP contribution in [-0.2, 0) is 0 Å². The number of nitrogens with two attached hydrogens (primary N) is 1. The van der Waals surface area contributed by atoms with Gasteiger partial charge in [-0.05, 0) is 56.0 Å². The molecular weight excluding hydrogens is 277 g/mol. The molecule has 0 aromatic rings. The summed E-state index contributed by atoms with van der Waals surface area (Å²) in [5, 5.41) is 0. The number of halogens is 3. The molecule has 0 saturated heterocycles. The second-order valence-corrected chi connectivity index (χ2v) is 7.52. The summed E-state index contributed by atoms with van der Waals surface area (Å²) >= 11 is 0. The fourth-order valence-corrected chi connectivity index (χ4v) is 3.60. The molecule has 1 rings (SSSR count). The van der Waals surface area contributed by atoms with E-state index in [1.165, 1.54) is 0 Å². The summed E-state index contributed by atoms with van der Waals surface area (Å²) in [4.78, 5) is 1.63. The lowest BCUT2D eigenvalue weighted by Gasteiger charge is -2.46. The molecule has 2 nitrogen and oxygen atoms in total. The fourth-order valence-electron chi connectivity index (χ4n) is 3.60. The third-order valence-electron chi connectivity index (χ3n) is 4.85. The van der Waals surface area contributed by atoms with Gasteiger partial charge in [-0.2, -0.15) is 13.2 Å². The van der Waals surface area contributed by atoms with Crippen molar-refractivity contribution in [3.63, 3.8) is 0 Å². The van der Waals surface area contributed by atoms with E-state index < -0.39 is 12.7 Å². The van der Waals surface area contributed by atoms with Crippen LogP contribution in [0.4, 0.5) is 13.2 Å². The summed E-state index contributed by atoms with van der Waals surface area (Å²) in [5.74, 6) is 0.662. The maximum atomic E-state index is 12.9. The summed E-state index contributed by atoms with van der Waals surface area (Å²) in [5.41, 5.74) is 5.98. The Morgan fingerprint density at radius 3 is 2.19 bits per heavy atom. The Labute approximate surface area is 127 Å². The summed E-state index contributed by atoms with van der Waals surface area (Å²) in [6.07, 6.45) is -0.538. The van der Waals surface area contributed by atoms with Gasteiger partial charge in [0.05, 0.1) is 6.54 Å². The number of alkyl halides is 3. The second kappa shape index (κ2) is 7.32. The lowest BCUT2D eigenvalue weighted by atomic mass is 9.67. The fraction of sp³-hybridized carbons (Fsp3) is 1.00. The summed E-state index contributed by atoms with van der Waals surface area (Å²) < 4.78 is 38.6. The molecule has 3 atom stereocenters. The van der Waals surface area contributed by atoms with Crippen LogP contribution >= 0.6 is 0 Å². The van der Waals surface area contributed by atoms with Crippen LogP contribution in [0, 0.1) is 17.3 Å². The van der Waals surface area contributed by atoms with Gasteiger partial charge in [0.2, 0.25) is 0 Å². The van der Waals surface area contributed by atoms with E-state index in [-0.39, 0.29) is 17.4 Å². The highest BCUT2D eigenvalue weighted by Crippen LogP contribution is 2.41. The van der Waals surface area contributed by atoms with Crippen molar-refractivity contribution in [3.8, 4) is 0 Å². The summed E-state index contributed by atoms with van der Waals surface area (Å²) in [6.45, 7) is 8.67. The largest absolute Gasteiger partial charge is 0.401 e. The number of hydrogen-bond donors (Lipinski definition) is 1. The van der Waals surface area contributed by atoms with Crippen LogP contribution in [0.1, 0.15) is 53.4 Å². The van der Waals surface area contributed by atoms with E-state index in [9.17, 15) is 13.2 Å². The molecule has 21 heavy (non-hydrogen) atoms. The summed E-state index contributed by atoms with van der Waals surface area (Å²) in [6, 6.07) is -0.0328. The average molecular weight is 308 g/mol. The molecule has 0 aromatic carbocycles. The van der Waals surface area contributed by atoms with Crippen LogP contribution in [0.2, 0.25) is 0 Å². The molecular formula is C16H31F3N2. The average Bonchev–Trinajstić information content (AvgIpc) is 2.35. The molecule has 3 unspecified atom stereocenters. The van der Waals surface area contributed by atoms with Gasteiger partial charge in [-0.15, -0.1) is 0 Å². The van der Waals surface area contributed by atoms with E-state index in [1.54, 1.807) is 4.90 Å². The monoisotopic (exact) mass is 308 g/mol. The standard InChI is InChI=1S/C16H31F3N2/c1-5-8-21(11-16(17,18)19)14-9-13(15(2,3)4)7-6-12(14)10-20/h12-14H,5-11,20H2,1-4H3. The molecule has 1 aliphatic carbocycles. The van der Waals surface area contributed by atoms with Gasteiger partial charge in [0, 0.05) is 6.04 Å². The number of rotatable bonds is 5. The molecule has 2 N–H and O–H groups in total. The first kappa shape index (κ1) is 18.8. The first-order chi connectivity index (χ1) is 9.58. The van der Waals surface area contributed by atoms with Crippen LogP contribution < -0.4 is 5.73 Å². The highest BCUT2D eigenvalue weighted by atomic mass is 19.4. The first-order valence-electron chi connectivity index (χ1n) is 8.09. The second-order valence-electron chi connectivity index (χ2n) is 7.52. The Kier molecular flexibility index (Phi) is 6.54. The minimum Gasteiger partial charge on any atom is -0.330 e. The van der Waals surface area contributed by atoms with Gasteiger partial charge in [0.15, 0.2) is 0 Å². The number of hydrogen-bond acceptors (Lipinski definition) is 2. The SMILES string of the molecule is CCCN(CC(F)(F)F)C1CC(C(C)(C)C)CCC1CN. The summed E-state index contributed by atoms with van der Waals surface area (Å²) in [7, 11) is 0. The van der Waals surface area contributed by atoms with Gasteiger partial charge in [-0.25, -0.2) is 0 Å². The van der Waals surface area contributed by atoms with E-state index in [1.807, 2.05) is 6.92 Å². The van der Waals surface area contributed by atoms with Crippen LogP contribution in [-0.4, -0.2) is 36.8 Å². The van der Waals surface area contributed by atoms with Crippen molar-refractivity contribution in [1.29, 1.82) is 0 Å². The van der Waals surface area contributed by atoms with E-state index in [2.05, 4.69) is 20.8 Å². The quantitative estimate of drug-likeness (QED) is 0.830. The van der Waals surface area contributed by atoms with Crippen LogP contribution in [0.3, 0.4) is 0 Å². The molecule has 0 aliphatic heterocycles. The molecule has 0 radical (unpaired) electrons. The lowest BCUT2D eigenvalue weighted by Crippen LogP contribution is -2.51. The molecule has 126 valence electrons. The molecule has 0 spiro atoms. The molecule has 0 heterocycles. The minimum absolute atomic E-state index is 0.0328. The highest BCUT2D eigenvalue weighted by molar-refractivity contribution is 4.91. The van der Waals surface area contributed by atoms with Crippen molar-refractivity contribution in [1.82, 2.24) is 4.90 Å². The molecule has 1 aliphatic rings. The lowest BCUT2D eigenvalue weighted by molar-refractivity contribution is -0.156. The molecule has 0 aromatic heterocycles. The Hall–Kier alpha value is -0.290. The molecule has 1 saturated carbocycles. The highest BCUT2D eigenvalue weighted by Gasteiger charge is 2.41. The van der Waals surface area contributed by atoms with Gasteiger partial charge in [0.1, 0.15) is 0 Å². The zero-order valence-corrected chi connectivity index (χ0v) is 13.8. The van der Waals surface area contributed by atoms with Gasteiger partial charge in [-0.3, -0.25) is 4.90 Å². The topological polar surface area (TPSA) is 29.3 Å². The van der Waals surface area contributed by atoms with E-state index >= 15 is 0 Å². The van der Waals surface area contributed by atoms with Crippen molar-refractivity contribution in [3.05, 3.63) is 0 Å². The van der Waals surface area contributed by atoms with Crippen molar-refractivity contribution in [2.24, 2.45) is 23.0 Å². The van der Waals surface area contributed by atoms with E-state index in [4.69, 9.17) is 5.73 Å². The smallest absolute Gasteiger partial charge is 0.330 e. The zero-order valence-electron chi connectivity index (χ0n) is 13.8. The van der Waals surface area contributed by atoms with Crippen LogP contribution in [0.15, 0.2) is 0 Å². The van der Waals surface area contributed by atoms with Gasteiger partial charge >= 0.3 is 6.18 Å². The maximum Gasteiger partial charge on any atom is 0.401 e. The Morgan fingerprint density at radius 1 is 1.14 bits per heavy atom. The third-order valence-corrected chi connectivity index (χ3v) is 4.85. The zero-order chi connectivity index (χ0) is 16.3. The number of nitrogens with zero attached hydrogens (tertiary/aromatic N) is 1. The molecule has 1 fully saturated rings. The Bertz CT molecular complexity index is 310. The van der Waals surface area contributed by atoms with Crippen molar-refractivity contribution >= 4 is 0 Å². The predicted octanol–water partition coefficient (Wildman–Crippen LogP) is 4.05. The van der Waals surface area contributed by atoms with E-state index in [0.717, 1.165) is 25.7 Å². The molecule has 5 heteroatoms. The van der Waals surface area contributed by atoms with Gasteiger partial charge < -0.3 is 5.73 Å². The van der Waals surface area contributed by atoms with E-state index in [0.29, 0.717) is 19.0 Å². The predicted molar refractivity (Wildman–Crippen MR) is 81.0 cm³/mol.